The SMILES string of the molecule is CCOC(=O)/C(=N/NC(=O)OC(C)(C)C)C(=O)Cc1ccc(Cl)cc1. The number of hydrogen-bond donors (Lipinski definition) is 1. The molecule has 8 heteroatoms. The van der Waals surface area contributed by atoms with Crippen LogP contribution in [0.15, 0.2) is 29.4 Å². The number of nitrogens with one attached hydrogen (secondary N) is 1. The van der Waals surface area contributed by atoms with Gasteiger partial charge in [0.1, 0.15) is 5.60 Å². The maximum atomic E-state index is 12.4. The Morgan fingerprint density at radius 2 is 1.76 bits per heavy atom. The summed E-state index contributed by atoms with van der Waals surface area (Å²) >= 11 is 5.80. The van der Waals surface area contributed by atoms with E-state index in [4.69, 9.17) is 21.1 Å². The molecule has 0 aliphatic heterocycles. The molecule has 0 spiro atoms. The van der Waals surface area contributed by atoms with Crippen LogP contribution in [-0.2, 0) is 25.5 Å². The number of amides is 1. The number of halogens is 1. The normalized spacial score (nSPS) is 11.6. The van der Waals surface area contributed by atoms with E-state index in [2.05, 4.69) is 5.10 Å². The van der Waals surface area contributed by atoms with Gasteiger partial charge in [0.25, 0.3) is 0 Å². The number of benzene rings is 1. The average molecular weight is 369 g/mol. The van der Waals surface area contributed by atoms with Crippen LogP contribution in [0.4, 0.5) is 4.79 Å². The summed E-state index contributed by atoms with van der Waals surface area (Å²) in [5.41, 5.74) is 1.43. The lowest BCUT2D eigenvalue weighted by molar-refractivity contribution is -0.135. The molecule has 0 aromatic heterocycles. The first-order valence-corrected chi connectivity index (χ1v) is 8.01. The van der Waals surface area contributed by atoms with Crippen LogP contribution in [0.2, 0.25) is 5.02 Å². The highest BCUT2D eigenvalue weighted by Gasteiger charge is 2.23. The van der Waals surface area contributed by atoms with Crippen LogP contribution in [0.25, 0.3) is 0 Å². The van der Waals surface area contributed by atoms with Gasteiger partial charge in [0.05, 0.1) is 6.61 Å². The Morgan fingerprint density at radius 3 is 2.28 bits per heavy atom. The predicted molar refractivity (Wildman–Crippen MR) is 93.6 cm³/mol. The third-order valence-corrected chi connectivity index (χ3v) is 2.92. The lowest BCUT2D eigenvalue weighted by atomic mass is 10.1. The molecule has 0 saturated carbocycles. The number of carbonyl (C=O) groups excluding carboxylic acids is 3. The number of ether oxygens (including phenoxy) is 2. The van der Waals surface area contributed by atoms with Gasteiger partial charge in [-0.3, -0.25) is 4.79 Å². The van der Waals surface area contributed by atoms with Crippen molar-refractivity contribution in [2.45, 2.75) is 39.7 Å². The zero-order valence-corrected chi connectivity index (χ0v) is 15.3. The van der Waals surface area contributed by atoms with Crippen molar-refractivity contribution in [2.24, 2.45) is 5.10 Å². The van der Waals surface area contributed by atoms with Crippen molar-refractivity contribution in [1.82, 2.24) is 5.43 Å². The second-order valence-electron chi connectivity index (χ2n) is 6.02. The summed E-state index contributed by atoms with van der Waals surface area (Å²) in [6.45, 7) is 6.69. The minimum absolute atomic E-state index is 0.0680. The smallest absolute Gasteiger partial charge is 0.428 e. The first kappa shape index (κ1) is 20.6. The summed E-state index contributed by atoms with van der Waals surface area (Å²) in [5.74, 6) is -1.52. The van der Waals surface area contributed by atoms with Crippen LogP contribution in [0, 0.1) is 0 Å². The number of esters is 1. The van der Waals surface area contributed by atoms with Crippen molar-refractivity contribution in [3.05, 3.63) is 34.9 Å². The molecule has 136 valence electrons. The molecule has 0 fully saturated rings. The summed E-state index contributed by atoms with van der Waals surface area (Å²) in [4.78, 5) is 35.9. The Hall–Kier alpha value is -2.41. The lowest BCUT2D eigenvalue weighted by Crippen LogP contribution is -2.34. The van der Waals surface area contributed by atoms with Gasteiger partial charge in [-0.1, -0.05) is 23.7 Å². The minimum atomic E-state index is -0.919. The summed E-state index contributed by atoms with van der Waals surface area (Å²) in [5, 5.41) is 4.11. The van der Waals surface area contributed by atoms with E-state index in [1.807, 2.05) is 5.43 Å². The largest absolute Gasteiger partial charge is 0.461 e. The Labute approximate surface area is 151 Å². The molecule has 1 rings (SSSR count). The zero-order valence-electron chi connectivity index (χ0n) is 14.6. The van der Waals surface area contributed by atoms with Gasteiger partial charge in [-0.25, -0.2) is 15.0 Å². The minimum Gasteiger partial charge on any atom is -0.461 e. The third-order valence-electron chi connectivity index (χ3n) is 2.67. The highest BCUT2D eigenvalue weighted by molar-refractivity contribution is 6.64. The van der Waals surface area contributed by atoms with Crippen LogP contribution in [0.5, 0.6) is 0 Å². The first-order chi connectivity index (χ1) is 11.6. The quantitative estimate of drug-likeness (QED) is 0.360. The van der Waals surface area contributed by atoms with E-state index in [0.717, 1.165) is 0 Å². The van der Waals surface area contributed by atoms with Crippen molar-refractivity contribution >= 4 is 35.2 Å². The van der Waals surface area contributed by atoms with Gasteiger partial charge in [-0.2, -0.15) is 5.10 Å². The molecular weight excluding hydrogens is 348 g/mol. The first-order valence-electron chi connectivity index (χ1n) is 7.64. The monoisotopic (exact) mass is 368 g/mol. The molecule has 1 aromatic carbocycles. The van der Waals surface area contributed by atoms with Gasteiger partial charge in [0.15, 0.2) is 5.78 Å². The maximum Gasteiger partial charge on any atom is 0.428 e. The molecule has 0 saturated heterocycles. The molecule has 1 aromatic rings. The molecule has 0 atom stereocenters. The van der Waals surface area contributed by atoms with Gasteiger partial charge in [0, 0.05) is 11.4 Å². The van der Waals surface area contributed by atoms with Gasteiger partial charge >= 0.3 is 12.1 Å². The summed E-state index contributed by atoms with van der Waals surface area (Å²) in [7, 11) is 0. The van der Waals surface area contributed by atoms with E-state index >= 15 is 0 Å². The van der Waals surface area contributed by atoms with Crippen LogP contribution in [0.1, 0.15) is 33.3 Å². The zero-order chi connectivity index (χ0) is 19.0. The van der Waals surface area contributed by atoms with Crippen LogP contribution >= 0.6 is 11.6 Å². The van der Waals surface area contributed by atoms with E-state index in [1.165, 1.54) is 0 Å². The molecule has 25 heavy (non-hydrogen) atoms. The number of nitrogens with zero attached hydrogens (tertiary/aromatic N) is 1. The molecule has 0 bridgehead atoms. The molecule has 0 radical (unpaired) electrons. The van der Waals surface area contributed by atoms with Crippen molar-refractivity contribution < 1.29 is 23.9 Å². The number of hydrogen-bond acceptors (Lipinski definition) is 6. The van der Waals surface area contributed by atoms with E-state index in [1.54, 1.807) is 52.0 Å². The molecular formula is C17H21ClN2O5. The lowest BCUT2D eigenvalue weighted by Gasteiger charge is -2.18. The fourth-order valence-electron chi connectivity index (χ4n) is 1.70. The van der Waals surface area contributed by atoms with E-state index < -0.39 is 29.2 Å². The Bertz CT molecular complexity index is 663. The van der Waals surface area contributed by atoms with Gasteiger partial charge in [-0.05, 0) is 45.4 Å². The van der Waals surface area contributed by atoms with Gasteiger partial charge in [0.2, 0.25) is 5.71 Å². The fraction of sp³-hybridized carbons (Fsp3) is 0.412. The molecule has 0 aliphatic carbocycles. The third kappa shape index (κ3) is 7.80. The van der Waals surface area contributed by atoms with Gasteiger partial charge in [-0.15, -0.1) is 0 Å². The summed E-state index contributed by atoms with van der Waals surface area (Å²) in [6.07, 6.45) is -0.973. The van der Waals surface area contributed by atoms with E-state index in [9.17, 15) is 14.4 Å². The highest BCUT2D eigenvalue weighted by atomic mass is 35.5. The van der Waals surface area contributed by atoms with Crippen molar-refractivity contribution in [3.8, 4) is 0 Å². The Morgan fingerprint density at radius 1 is 1.16 bits per heavy atom. The Kier molecular flexibility index (Phi) is 7.57. The number of ketones is 1. The van der Waals surface area contributed by atoms with Crippen LogP contribution < -0.4 is 5.43 Å². The number of carbonyl (C=O) groups is 3. The average Bonchev–Trinajstić information content (AvgIpc) is 2.48. The molecule has 1 amide bonds. The van der Waals surface area contributed by atoms with Crippen molar-refractivity contribution in [3.63, 3.8) is 0 Å². The molecule has 7 nitrogen and oxygen atoms in total. The second kappa shape index (κ2) is 9.17. The summed E-state index contributed by atoms with van der Waals surface area (Å²) < 4.78 is 9.82. The standard InChI is InChI=1S/C17H21ClN2O5/c1-5-24-15(22)14(19-20-16(23)25-17(2,3)4)13(21)10-11-6-8-12(18)9-7-11/h6-9H,5,10H2,1-4H3,(H,20,23)/b19-14+. The Balaban J connectivity index is 2.89. The molecule has 0 aliphatic rings. The number of Topliss-reactive ketones (excluding diaryl/α,β-unsaturated/α-hetero) is 1. The maximum absolute atomic E-state index is 12.4. The molecule has 1 N–H and O–H groups in total. The predicted octanol–water partition coefficient (Wildman–Crippen LogP) is 2.90. The number of rotatable bonds is 6. The fourth-order valence-corrected chi connectivity index (χ4v) is 1.82. The van der Waals surface area contributed by atoms with Crippen LogP contribution in [-0.4, -0.2) is 35.8 Å². The topological polar surface area (TPSA) is 94.1 Å². The molecule has 0 unspecified atom stereocenters. The number of hydrazone groups is 1. The van der Waals surface area contributed by atoms with E-state index in [0.29, 0.717) is 10.6 Å². The van der Waals surface area contributed by atoms with Crippen molar-refractivity contribution in [2.75, 3.05) is 6.61 Å². The van der Waals surface area contributed by atoms with Gasteiger partial charge < -0.3 is 9.47 Å². The van der Waals surface area contributed by atoms with Crippen LogP contribution in [0.3, 0.4) is 0 Å². The van der Waals surface area contributed by atoms with E-state index in [-0.39, 0.29) is 13.0 Å². The van der Waals surface area contributed by atoms with Crippen molar-refractivity contribution in [1.29, 1.82) is 0 Å². The molecule has 0 heterocycles. The second-order valence-corrected chi connectivity index (χ2v) is 6.46. The summed E-state index contributed by atoms with van der Waals surface area (Å²) in [6, 6.07) is 6.57. The highest BCUT2D eigenvalue weighted by Crippen LogP contribution is 2.11.